The molecule has 0 bridgehead atoms. The summed E-state index contributed by atoms with van der Waals surface area (Å²) >= 11 is 0. The molecule has 0 spiro atoms. The Labute approximate surface area is 283 Å². The average Bonchev–Trinajstić information content (AvgIpc) is 3.07. The van der Waals surface area contributed by atoms with Crippen LogP contribution in [0.25, 0.3) is 0 Å². The number of nitrogens with one attached hydrogen (secondary N) is 3. The van der Waals surface area contributed by atoms with Gasteiger partial charge in [0.15, 0.2) is 0 Å². The van der Waals surface area contributed by atoms with Crippen LogP contribution in [0.15, 0.2) is 91.0 Å². The molecule has 11 heteroatoms. The zero-order chi connectivity index (χ0) is 35.7. The van der Waals surface area contributed by atoms with E-state index < -0.39 is 35.2 Å². The van der Waals surface area contributed by atoms with E-state index in [1.165, 1.54) is 6.92 Å². The zero-order valence-corrected chi connectivity index (χ0v) is 28.6. The van der Waals surface area contributed by atoms with Crippen LogP contribution < -0.4 is 16.1 Å². The molecule has 0 saturated heterocycles. The van der Waals surface area contributed by atoms with Crippen LogP contribution in [0.5, 0.6) is 0 Å². The number of rotatable bonds is 16. The SMILES string of the molecule is C[C@@H](CNC(=O)CONC(c1ccccc1)(c1ccccc1)c1ccccc1)C(=O)O.C[C@@H](CNC(=O)[C@@H](C)COC(C)(C)C)C(=O)O. The number of carbonyl (C=O) groups excluding carboxylic acids is 2. The zero-order valence-electron chi connectivity index (χ0n) is 28.6. The van der Waals surface area contributed by atoms with Gasteiger partial charge in [-0.2, -0.15) is 5.48 Å². The smallest absolute Gasteiger partial charge is 0.308 e. The fraction of sp³-hybridized carbons (Fsp3) is 0.405. The number of amides is 2. The van der Waals surface area contributed by atoms with Crippen molar-refractivity contribution in [2.75, 3.05) is 26.3 Å². The van der Waals surface area contributed by atoms with Gasteiger partial charge in [0, 0.05) is 13.1 Å². The molecule has 0 unspecified atom stereocenters. The highest BCUT2D eigenvalue weighted by Gasteiger charge is 2.37. The fourth-order valence-corrected chi connectivity index (χ4v) is 4.32. The molecule has 0 saturated carbocycles. The molecule has 11 nitrogen and oxygen atoms in total. The molecule has 2 amide bonds. The van der Waals surface area contributed by atoms with Crippen LogP contribution in [0.1, 0.15) is 58.2 Å². The van der Waals surface area contributed by atoms with Gasteiger partial charge in [0.2, 0.25) is 11.8 Å². The van der Waals surface area contributed by atoms with Crippen molar-refractivity contribution < 1.29 is 39.0 Å². The van der Waals surface area contributed by atoms with Crippen molar-refractivity contribution in [2.45, 2.75) is 52.7 Å². The summed E-state index contributed by atoms with van der Waals surface area (Å²) in [6.45, 7) is 10.9. The van der Waals surface area contributed by atoms with Crippen LogP contribution in [0.3, 0.4) is 0 Å². The van der Waals surface area contributed by atoms with Crippen molar-refractivity contribution in [1.82, 2.24) is 16.1 Å². The summed E-state index contributed by atoms with van der Waals surface area (Å²) in [5, 5.41) is 22.8. The molecular weight excluding hydrogens is 614 g/mol. The maximum absolute atomic E-state index is 12.2. The molecular formula is C37H49N3O8. The van der Waals surface area contributed by atoms with E-state index in [1.807, 2.05) is 112 Å². The van der Waals surface area contributed by atoms with Gasteiger partial charge in [-0.25, -0.2) is 0 Å². The van der Waals surface area contributed by atoms with Gasteiger partial charge in [0.1, 0.15) is 12.1 Å². The lowest BCUT2D eigenvalue weighted by Gasteiger charge is -2.36. The Balaban J connectivity index is 0.000000401. The average molecular weight is 664 g/mol. The lowest BCUT2D eigenvalue weighted by molar-refractivity contribution is -0.142. The van der Waals surface area contributed by atoms with Gasteiger partial charge in [-0.15, -0.1) is 0 Å². The van der Waals surface area contributed by atoms with Crippen LogP contribution in [-0.4, -0.2) is 65.9 Å². The van der Waals surface area contributed by atoms with Crippen molar-refractivity contribution in [3.63, 3.8) is 0 Å². The summed E-state index contributed by atoms with van der Waals surface area (Å²) in [4.78, 5) is 51.0. The highest BCUT2D eigenvalue weighted by atomic mass is 16.6. The van der Waals surface area contributed by atoms with Crippen molar-refractivity contribution in [1.29, 1.82) is 0 Å². The van der Waals surface area contributed by atoms with Gasteiger partial charge in [-0.1, -0.05) is 112 Å². The third-order valence-electron chi connectivity index (χ3n) is 7.29. The van der Waals surface area contributed by atoms with Gasteiger partial charge in [0.05, 0.1) is 30.0 Å². The Bertz CT molecular complexity index is 1330. The van der Waals surface area contributed by atoms with Crippen molar-refractivity contribution in [3.05, 3.63) is 108 Å². The lowest BCUT2D eigenvalue weighted by atomic mass is 9.78. The Morgan fingerprint density at radius 3 is 1.42 bits per heavy atom. The van der Waals surface area contributed by atoms with Crippen molar-refractivity contribution in [2.24, 2.45) is 17.8 Å². The summed E-state index contributed by atoms with van der Waals surface area (Å²) in [6, 6.07) is 29.6. The van der Waals surface area contributed by atoms with Crippen LogP contribution in [0, 0.1) is 17.8 Å². The van der Waals surface area contributed by atoms with Crippen molar-refractivity contribution in [3.8, 4) is 0 Å². The van der Waals surface area contributed by atoms with Gasteiger partial charge in [0.25, 0.3) is 0 Å². The minimum Gasteiger partial charge on any atom is -0.481 e. The highest BCUT2D eigenvalue weighted by Crippen LogP contribution is 2.36. The number of carboxylic acids is 2. The van der Waals surface area contributed by atoms with E-state index in [2.05, 4.69) is 16.1 Å². The van der Waals surface area contributed by atoms with E-state index in [9.17, 15) is 19.2 Å². The number of hydrogen-bond acceptors (Lipinski definition) is 7. The van der Waals surface area contributed by atoms with E-state index in [-0.39, 0.29) is 37.1 Å². The quantitative estimate of drug-likeness (QED) is 0.109. The largest absolute Gasteiger partial charge is 0.481 e. The molecule has 3 aromatic rings. The minimum absolute atomic E-state index is 0.0404. The second-order valence-corrected chi connectivity index (χ2v) is 12.6. The molecule has 3 aromatic carbocycles. The third kappa shape index (κ3) is 12.9. The van der Waals surface area contributed by atoms with E-state index in [4.69, 9.17) is 19.8 Å². The number of aliphatic carboxylic acids is 2. The highest BCUT2D eigenvalue weighted by molar-refractivity contribution is 5.79. The number of benzene rings is 3. The van der Waals surface area contributed by atoms with Crippen LogP contribution >= 0.6 is 0 Å². The molecule has 0 heterocycles. The molecule has 0 aliphatic heterocycles. The summed E-state index contributed by atoms with van der Waals surface area (Å²) < 4.78 is 5.49. The van der Waals surface area contributed by atoms with E-state index >= 15 is 0 Å². The molecule has 0 aliphatic carbocycles. The van der Waals surface area contributed by atoms with E-state index in [0.29, 0.717) is 6.61 Å². The summed E-state index contributed by atoms with van der Waals surface area (Å²) in [7, 11) is 0. The summed E-state index contributed by atoms with van der Waals surface area (Å²) in [5.74, 6) is -3.98. The second kappa shape index (κ2) is 19.3. The minimum atomic E-state index is -0.962. The van der Waals surface area contributed by atoms with Crippen LogP contribution in [0.2, 0.25) is 0 Å². The predicted molar refractivity (Wildman–Crippen MR) is 183 cm³/mol. The molecule has 260 valence electrons. The maximum atomic E-state index is 12.2. The topological polar surface area (TPSA) is 163 Å². The van der Waals surface area contributed by atoms with Crippen LogP contribution in [-0.2, 0) is 34.3 Å². The number of carboxylic acid groups (broad SMARTS) is 2. The third-order valence-corrected chi connectivity index (χ3v) is 7.29. The van der Waals surface area contributed by atoms with Gasteiger partial charge in [-0.3, -0.25) is 24.0 Å². The Morgan fingerprint density at radius 1 is 0.646 bits per heavy atom. The summed E-state index contributed by atoms with van der Waals surface area (Å²) in [5.41, 5.74) is 4.88. The molecule has 0 aliphatic rings. The van der Waals surface area contributed by atoms with Crippen LogP contribution in [0.4, 0.5) is 0 Å². The molecule has 3 atom stereocenters. The Hall–Kier alpha value is -4.58. The molecule has 48 heavy (non-hydrogen) atoms. The Morgan fingerprint density at radius 2 is 1.04 bits per heavy atom. The second-order valence-electron chi connectivity index (χ2n) is 12.6. The number of hydroxylamine groups is 1. The fourth-order valence-electron chi connectivity index (χ4n) is 4.32. The molecule has 5 N–H and O–H groups in total. The first kappa shape index (κ1) is 39.6. The summed E-state index contributed by atoms with van der Waals surface area (Å²) in [6.07, 6.45) is 0. The number of carbonyl (C=O) groups is 4. The van der Waals surface area contributed by atoms with Gasteiger partial charge < -0.3 is 25.6 Å². The molecule has 0 fully saturated rings. The van der Waals surface area contributed by atoms with E-state index in [0.717, 1.165) is 16.7 Å². The standard InChI is InChI=1S/C25H26N2O4.C12H23NO4/c1-19(24(29)30)17-26-23(28)18-31-27-25(20-11-5-2-6-12-20,21-13-7-3-8-14-21)22-15-9-4-10-16-22;1-8(11(15)16)6-13-10(14)9(2)7-17-12(3,4)5/h2-16,19,27H,17-18H2,1H3,(H,26,28)(H,29,30);8-9H,6-7H2,1-5H3,(H,13,14)(H,15,16)/t19-;8-,9-/m00/s1. The van der Waals surface area contributed by atoms with Gasteiger partial charge >= 0.3 is 11.9 Å². The maximum Gasteiger partial charge on any atom is 0.308 e. The first-order valence-corrected chi connectivity index (χ1v) is 15.9. The lowest BCUT2D eigenvalue weighted by Crippen LogP contribution is -2.46. The first-order chi connectivity index (χ1) is 22.7. The number of ether oxygens (including phenoxy) is 1. The van der Waals surface area contributed by atoms with Gasteiger partial charge in [-0.05, 0) is 37.5 Å². The predicted octanol–water partition coefficient (Wildman–Crippen LogP) is 4.61. The molecule has 3 rings (SSSR count). The molecule has 0 aromatic heterocycles. The van der Waals surface area contributed by atoms with Crippen molar-refractivity contribution >= 4 is 23.8 Å². The monoisotopic (exact) mass is 663 g/mol. The first-order valence-electron chi connectivity index (χ1n) is 15.9. The molecule has 0 radical (unpaired) electrons. The Kier molecular flexibility index (Phi) is 15.9. The van der Waals surface area contributed by atoms with E-state index in [1.54, 1.807) is 13.8 Å². The number of hydrogen-bond donors (Lipinski definition) is 5. The normalized spacial score (nSPS) is 13.2.